The van der Waals surface area contributed by atoms with E-state index in [0.29, 0.717) is 17.0 Å². The fraction of sp³-hybridized carbons (Fsp3) is 0.400. The van der Waals surface area contributed by atoms with Crippen molar-refractivity contribution < 1.29 is 4.79 Å². The number of aromatic nitrogens is 6. The van der Waals surface area contributed by atoms with E-state index in [4.69, 9.17) is 0 Å². The van der Waals surface area contributed by atoms with Gasteiger partial charge in [0.2, 0.25) is 5.91 Å². The molecule has 1 N–H and O–H groups in total. The van der Waals surface area contributed by atoms with Crippen molar-refractivity contribution in [3.05, 3.63) is 48.9 Å². The van der Waals surface area contributed by atoms with Crippen molar-refractivity contribution in [2.24, 2.45) is 0 Å². The first-order chi connectivity index (χ1) is 14.2. The first-order valence-electron chi connectivity index (χ1n) is 9.70. The monoisotopic (exact) mass is 409 g/mol. The molecule has 0 saturated heterocycles. The molecule has 0 unspecified atom stereocenters. The van der Waals surface area contributed by atoms with E-state index in [1.54, 1.807) is 24.8 Å². The highest BCUT2D eigenvalue weighted by Crippen LogP contribution is 2.29. The lowest BCUT2D eigenvalue weighted by molar-refractivity contribution is -0.119. The zero-order valence-corrected chi connectivity index (χ0v) is 17.0. The number of thioether (sulfide) groups is 1. The smallest absolute Gasteiger partial charge is 0.230 e. The second-order valence-corrected chi connectivity index (χ2v) is 8.08. The van der Waals surface area contributed by atoms with Gasteiger partial charge in [0.1, 0.15) is 0 Å². The molecule has 1 saturated carbocycles. The lowest BCUT2D eigenvalue weighted by atomic mass is 9.91. The van der Waals surface area contributed by atoms with Gasteiger partial charge in [0.05, 0.1) is 29.9 Å². The maximum absolute atomic E-state index is 12.3. The Morgan fingerprint density at radius 2 is 2.03 bits per heavy atom. The summed E-state index contributed by atoms with van der Waals surface area (Å²) < 4.78 is 2.02. The van der Waals surface area contributed by atoms with E-state index >= 15 is 0 Å². The molecule has 0 atom stereocenters. The van der Waals surface area contributed by atoms with Gasteiger partial charge in [-0.25, -0.2) is 9.97 Å². The SMILES string of the molecule is Cc1ccnc(SCC(=O)NC2CCC(n3cc(-c4cnccn4)cn3)CC2)n1. The van der Waals surface area contributed by atoms with Gasteiger partial charge in [-0.05, 0) is 38.7 Å². The number of amides is 1. The van der Waals surface area contributed by atoms with Crippen LogP contribution in [0.25, 0.3) is 11.3 Å². The average molecular weight is 410 g/mol. The van der Waals surface area contributed by atoms with Crippen LogP contribution in [0, 0.1) is 6.92 Å². The molecule has 150 valence electrons. The van der Waals surface area contributed by atoms with E-state index in [1.807, 2.05) is 30.1 Å². The van der Waals surface area contributed by atoms with E-state index in [1.165, 1.54) is 11.8 Å². The van der Waals surface area contributed by atoms with Crippen molar-refractivity contribution >= 4 is 17.7 Å². The Balaban J connectivity index is 1.24. The van der Waals surface area contributed by atoms with Crippen LogP contribution in [0.3, 0.4) is 0 Å². The van der Waals surface area contributed by atoms with Crippen molar-refractivity contribution in [1.82, 2.24) is 35.0 Å². The summed E-state index contributed by atoms with van der Waals surface area (Å²) >= 11 is 1.37. The zero-order valence-electron chi connectivity index (χ0n) is 16.2. The predicted octanol–water partition coefficient (Wildman–Crippen LogP) is 2.83. The van der Waals surface area contributed by atoms with Gasteiger partial charge in [-0.2, -0.15) is 5.10 Å². The molecule has 3 aromatic heterocycles. The molecule has 0 aromatic carbocycles. The maximum atomic E-state index is 12.3. The zero-order chi connectivity index (χ0) is 20.1. The summed E-state index contributed by atoms with van der Waals surface area (Å²) in [7, 11) is 0. The third kappa shape index (κ3) is 5.17. The minimum Gasteiger partial charge on any atom is -0.353 e. The highest BCUT2D eigenvalue weighted by atomic mass is 32.2. The third-order valence-electron chi connectivity index (χ3n) is 5.00. The maximum Gasteiger partial charge on any atom is 0.230 e. The van der Waals surface area contributed by atoms with Crippen LogP contribution in [0.4, 0.5) is 0 Å². The fourth-order valence-corrected chi connectivity index (χ4v) is 4.19. The van der Waals surface area contributed by atoms with Crippen molar-refractivity contribution in [3.63, 3.8) is 0 Å². The summed E-state index contributed by atoms with van der Waals surface area (Å²) in [5, 5.41) is 8.30. The van der Waals surface area contributed by atoms with Crippen LogP contribution in [-0.4, -0.2) is 47.4 Å². The number of carbonyl (C=O) groups excluding carboxylic acids is 1. The molecule has 3 aromatic rings. The highest BCUT2D eigenvalue weighted by Gasteiger charge is 2.24. The van der Waals surface area contributed by atoms with Crippen LogP contribution in [0.15, 0.2) is 48.4 Å². The first kappa shape index (κ1) is 19.5. The minimum absolute atomic E-state index is 0.0348. The van der Waals surface area contributed by atoms with E-state index in [9.17, 15) is 4.79 Å². The Labute approximate surface area is 173 Å². The molecular weight excluding hydrogens is 386 g/mol. The molecule has 0 spiro atoms. The molecule has 0 aliphatic heterocycles. The fourth-order valence-electron chi connectivity index (χ4n) is 3.50. The van der Waals surface area contributed by atoms with Crippen LogP contribution in [-0.2, 0) is 4.79 Å². The molecule has 0 radical (unpaired) electrons. The Bertz CT molecular complexity index is 954. The Morgan fingerprint density at radius 3 is 2.79 bits per heavy atom. The van der Waals surface area contributed by atoms with Gasteiger partial charge in [0.15, 0.2) is 5.16 Å². The van der Waals surface area contributed by atoms with Crippen LogP contribution >= 0.6 is 11.8 Å². The number of hydrogen-bond acceptors (Lipinski definition) is 7. The van der Waals surface area contributed by atoms with Crippen LogP contribution in [0.5, 0.6) is 0 Å². The molecule has 4 rings (SSSR count). The average Bonchev–Trinajstić information content (AvgIpc) is 3.24. The molecule has 29 heavy (non-hydrogen) atoms. The minimum atomic E-state index is 0.0348. The molecule has 3 heterocycles. The number of rotatable bonds is 6. The number of nitrogens with one attached hydrogen (secondary N) is 1. The van der Waals surface area contributed by atoms with Crippen LogP contribution < -0.4 is 5.32 Å². The second-order valence-electron chi connectivity index (χ2n) is 7.14. The number of carbonyl (C=O) groups is 1. The predicted molar refractivity (Wildman–Crippen MR) is 110 cm³/mol. The Morgan fingerprint density at radius 1 is 1.17 bits per heavy atom. The van der Waals surface area contributed by atoms with Crippen molar-refractivity contribution in [2.75, 3.05) is 5.75 Å². The van der Waals surface area contributed by atoms with Crippen molar-refractivity contribution in [2.45, 2.75) is 49.8 Å². The normalized spacial score (nSPS) is 19.1. The summed E-state index contributed by atoms with van der Waals surface area (Å²) in [5.74, 6) is 0.372. The molecule has 1 aliphatic carbocycles. The van der Waals surface area contributed by atoms with E-state index in [2.05, 4.69) is 30.4 Å². The largest absolute Gasteiger partial charge is 0.353 e. The van der Waals surface area contributed by atoms with E-state index in [-0.39, 0.29) is 11.9 Å². The molecule has 1 fully saturated rings. The molecule has 0 bridgehead atoms. The molecule has 1 amide bonds. The molecular formula is C20H23N7OS. The van der Waals surface area contributed by atoms with Crippen LogP contribution in [0.1, 0.15) is 37.4 Å². The van der Waals surface area contributed by atoms with Crippen molar-refractivity contribution in [3.8, 4) is 11.3 Å². The summed E-state index contributed by atoms with van der Waals surface area (Å²) in [6, 6.07) is 2.41. The Hall–Kier alpha value is -2.81. The van der Waals surface area contributed by atoms with Gasteiger partial charge < -0.3 is 5.32 Å². The molecule has 9 heteroatoms. The summed E-state index contributed by atoms with van der Waals surface area (Å²) in [5.41, 5.74) is 2.71. The first-order valence-corrected chi connectivity index (χ1v) is 10.7. The van der Waals surface area contributed by atoms with Gasteiger partial charge in [0, 0.05) is 42.1 Å². The number of nitrogens with zero attached hydrogens (tertiary/aromatic N) is 6. The van der Waals surface area contributed by atoms with Crippen LogP contribution in [0.2, 0.25) is 0 Å². The number of hydrogen-bond donors (Lipinski definition) is 1. The third-order valence-corrected chi connectivity index (χ3v) is 5.86. The van der Waals surface area contributed by atoms with Crippen molar-refractivity contribution in [1.29, 1.82) is 0 Å². The topological polar surface area (TPSA) is 98.5 Å². The van der Waals surface area contributed by atoms with Gasteiger partial charge in [0.25, 0.3) is 0 Å². The van der Waals surface area contributed by atoms with Gasteiger partial charge in [-0.15, -0.1) is 0 Å². The summed E-state index contributed by atoms with van der Waals surface area (Å²) in [6.07, 6.45) is 14.5. The molecule has 1 aliphatic rings. The standard InChI is InChI=1S/C20H23N7OS/c1-14-6-7-23-20(25-14)29-13-19(28)26-16-2-4-17(5-3-16)27-12-15(10-24-27)18-11-21-8-9-22-18/h6-12,16-17H,2-5,13H2,1H3,(H,26,28). The lowest BCUT2D eigenvalue weighted by Crippen LogP contribution is -2.39. The van der Waals surface area contributed by atoms with E-state index in [0.717, 1.165) is 42.6 Å². The van der Waals surface area contributed by atoms with E-state index < -0.39 is 0 Å². The highest BCUT2D eigenvalue weighted by molar-refractivity contribution is 7.99. The molecule has 8 nitrogen and oxygen atoms in total. The summed E-state index contributed by atoms with van der Waals surface area (Å²) in [6.45, 7) is 1.92. The second kappa shape index (κ2) is 9.13. The Kier molecular flexibility index (Phi) is 6.14. The van der Waals surface area contributed by atoms with Gasteiger partial charge in [-0.1, -0.05) is 11.8 Å². The number of aryl methyl sites for hydroxylation is 1. The van der Waals surface area contributed by atoms with Gasteiger partial charge >= 0.3 is 0 Å². The van der Waals surface area contributed by atoms with Gasteiger partial charge in [-0.3, -0.25) is 19.4 Å². The summed E-state index contributed by atoms with van der Waals surface area (Å²) in [4.78, 5) is 29.2. The quantitative estimate of drug-likeness (QED) is 0.494. The lowest BCUT2D eigenvalue weighted by Gasteiger charge is -2.29.